The first-order valence-electron chi connectivity index (χ1n) is 8.40. The second-order valence-corrected chi connectivity index (χ2v) is 8.95. The van der Waals surface area contributed by atoms with E-state index in [0.717, 1.165) is 24.2 Å². The maximum atomic E-state index is 12.6. The lowest BCUT2D eigenvalue weighted by atomic mass is 9.89. The fourth-order valence-electron chi connectivity index (χ4n) is 2.75. The smallest absolute Gasteiger partial charge is 0.232 e. The number of hydrogen-bond acceptors (Lipinski definition) is 4. The third-order valence-corrected chi connectivity index (χ3v) is 5.48. The van der Waals surface area contributed by atoms with E-state index in [4.69, 9.17) is 4.74 Å². The summed E-state index contributed by atoms with van der Waals surface area (Å²) in [5.41, 5.74) is 0.726. The van der Waals surface area contributed by atoms with Crippen molar-refractivity contribution in [2.75, 3.05) is 26.0 Å². The number of methoxy groups -OCH3 is 1. The molecular formula is C19H27NO3S. The van der Waals surface area contributed by atoms with E-state index in [9.17, 15) is 9.59 Å². The van der Waals surface area contributed by atoms with Crippen molar-refractivity contribution in [3.8, 4) is 5.75 Å². The number of piperidine rings is 1. The number of carbonyl (C=O) groups is 2. The predicted molar refractivity (Wildman–Crippen MR) is 98.8 cm³/mol. The monoisotopic (exact) mass is 349 g/mol. The fraction of sp³-hybridized carbons (Fsp3) is 0.579. The summed E-state index contributed by atoms with van der Waals surface area (Å²) < 4.78 is 5.22. The number of ketones is 1. The van der Waals surface area contributed by atoms with Gasteiger partial charge in [-0.05, 0) is 37.1 Å². The Kier molecular flexibility index (Phi) is 6.33. The number of benzene rings is 1. The first kappa shape index (κ1) is 18.8. The summed E-state index contributed by atoms with van der Waals surface area (Å²) in [6.45, 7) is 7.70. The van der Waals surface area contributed by atoms with E-state index in [2.05, 4.69) is 20.8 Å². The number of hydrogen-bond donors (Lipinski definition) is 0. The predicted octanol–water partition coefficient (Wildman–Crippen LogP) is 3.65. The molecule has 0 saturated carbocycles. The zero-order chi connectivity index (χ0) is 17.7. The molecule has 1 aromatic carbocycles. The molecule has 1 saturated heterocycles. The molecule has 0 spiro atoms. The van der Waals surface area contributed by atoms with Crippen molar-refractivity contribution in [1.82, 2.24) is 4.90 Å². The van der Waals surface area contributed by atoms with Crippen molar-refractivity contribution in [1.29, 1.82) is 0 Å². The quantitative estimate of drug-likeness (QED) is 0.761. The van der Waals surface area contributed by atoms with Gasteiger partial charge in [0.15, 0.2) is 5.78 Å². The molecule has 0 aromatic heterocycles. The highest BCUT2D eigenvalue weighted by molar-refractivity contribution is 8.01. The van der Waals surface area contributed by atoms with Crippen LogP contribution in [0.25, 0.3) is 0 Å². The molecule has 0 radical (unpaired) electrons. The van der Waals surface area contributed by atoms with Crippen LogP contribution in [-0.2, 0) is 4.79 Å². The second-order valence-electron chi connectivity index (χ2n) is 7.15. The Morgan fingerprint density at radius 1 is 1.17 bits per heavy atom. The number of thioether (sulfide) groups is 1. The van der Waals surface area contributed by atoms with E-state index in [1.54, 1.807) is 18.9 Å². The van der Waals surface area contributed by atoms with Gasteiger partial charge in [0.2, 0.25) is 5.91 Å². The third-order valence-electron chi connectivity index (χ3n) is 4.22. The van der Waals surface area contributed by atoms with E-state index in [-0.39, 0.29) is 22.4 Å². The Morgan fingerprint density at radius 2 is 1.75 bits per heavy atom. The minimum Gasteiger partial charge on any atom is -0.497 e. The van der Waals surface area contributed by atoms with Gasteiger partial charge in [0, 0.05) is 29.3 Å². The lowest BCUT2D eigenvalue weighted by Crippen LogP contribution is -2.41. The van der Waals surface area contributed by atoms with Gasteiger partial charge in [0.05, 0.1) is 12.9 Å². The van der Waals surface area contributed by atoms with Gasteiger partial charge in [0.1, 0.15) is 5.75 Å². The summed E-state index contributed by atoms with van der Waals surface area (Å²) in [7, 11) is 1.61. The van der Waals surface area contributed by atoms with Gasteiger partial charge in [-0.2, -0.15) is 0 Å². The highest BCUT2D eigenvalue weighted by Gasteiger charge is 2.28. The second kappa shape index (κ2) is 8.06. The maximum Gasteiger partial charge on any atom is 0.232 e. The van der Waals surface area contributed by atoms with Crippen molar-refractivity contribution in [3.63, 3.8) is 0 Å². The van der Waals surface area contributed by atoms with Crippen molar-refractivity contribution >= 4 is 23.5 Å². The van der Waals surface area contributed by atoms with Crippen LogP contribution >= 0.6 is 11.8 Å². The first-order chi connectivity index (χ1) is 11.3. The average Bonchev–Trinajstić information content (AvgIpc) is 2.58. The van der Waals surface area contributed by atoms with Crippen LogP contribution in [-0.4, -0.2) is 47.3 Å². The van der Waals surface area contributed by atoms with Crippen molar-refractivity contribution in [2.24, 2.45) is 5.92 Å². The number of amides is 1. The third kappa shape index (κ3) is 5.26. The van der Waals surface area contributed by atoms with Gasteiger partial charge < -0.3 is 9.64 Å². The standard InChI is InChI=1S/C19H27NO3S/c1-19(2,3)24-13-17(21)20-11-9-15(10-12-20)18(22)14-5-7-16(23-4)8-6-14/h5-8,15H,9-13H2,1-4H3. The van der Waals surface area contributed by atoms with Crippen LogP contribution in [0.5, 0.6) is 5.75 Å². The summed E-state index contributed by atoms with van der Waals surface area (Å²) in [5.74, 6) is 1.64. The number of ether oxygens (including phenoxy) is 1. The number of rotatable bonds is 5. The summed E-state index contributed by atoms with van der Waals surface area (Å²) in [6.07, 6.45) is 1.49. The van der Waals surface area contributed by atoms with Crippen LogP contribution in [0.2, 0.25) is 0 Å². The topological polar surface area (TPSA) is 46.6 Å². The highest BCUT2D eigenvalue weighted by Crippen LogP contribution is 2.26. The molecular weight excluding hydrogens is 322 g/mol. The Bertz CT molecular complexity index is 569. The Balaban J connectivity index is 1.85. The van der Waals surface area contributed by atoms with Crippen LogP contribution in [0, 0.1) is 5.92 Å². The van der Waals surface area contributed by atoms with Crippen LogP contribution in [0.4, 0.5) is 0 Å². The van der Waals surface area contributed by atoms with Crippen molar-refractivity contribution < 1.29 is 14.3 Å². The molecule has 1 aromatic rings. The summed E-state index contributed by atoms with van der Waals surface area (Å²) in [6, 6.07) is 7.27. The number of likely N-dealkylation sites (tertiary alicyclic amines) is 1. The molecule has 0 N–H and O–H groups in total. The van der Waals surface area contributed by atoms with E-state index in [1.807, 2.05) is 29.2 Å². The molecule has 4 nitrogen and oxygen atoms in total. The van der Waals surface area contributed by atoms with E-state index >= 15 is 0 Å². The molecule has 1 amide bonds. The van der Waals surface area contributed by atoms with Crippen LogP contribution in [0.15, 0.2) is 24.3 Å². The summed E-state index contributed by atoms with van der Waals surface area (Å²) in [5, 5.41) is 0. The van der Waals surface area contributed by atoms with E-state index in [0.29, 0.717) is 18.8 Å². The van der Waals surface area contributed by atoms with E-state index < -0.39 is 0 Å². The normalized spacial score (nSPS) is 16.1. The minimum absolute atomic E-state index is 0.0118. The van der Waals surface area contributed by atoms with Gasteiger partial charge in [-0.1, -0.05) is 20.8 Å². The van der Waals surface area contributed by atoms with Gasteiger partial charge in [-0.3, -0.25) is 9.59 Å². The molecule has 0 unspecified atom stereocenters. The average molecular weight is 349 g/mol. The molecule has 1 aliphatic rings. The summed E-state index contributed by atoms with van der Waals surface area (Å²) >= 11 is 1.67. The van der Waals surface area contributed by atoms with Gasteiger partial charge in [0.25, 0.3) is 0 Å². The Hall–Kier alpha value is -1.49. The molecule has 5 heteroatoms. The molecule has 0 atom stereocenters. The Labute approximate surface area is 148 Å². The van der Waals surface area contributed by atoms with E-state index in [1.165, 1.54) is 0 Å². The largest absolute Gasteiger partial charge is 0.497 e. The molecule has 2 rings (SSSR count). The SMILES string of the molecule is COc1ccc(C(=O)C2CCN(C(=O)CSC(C)(C)C)CC2)cc1. The van der Waals surface area contributed by atoms with Crippen LogP contribution < -0.4 is 4.74 Å². The zero-order valence-corrected chi connectivity index (χ0v) is 15.8. The maximum absolute atomic E-state index is 12.6. The molecule has 132 valence electrons. The fourth-order valence-corrected chi connectivity index (χ4v) is 3.49. The lowest BCUT2D eigenvalue weighted by Gasteiger charge is -2.32. The molecule has 1 aliphatic heterocycles. The van der Waals surface area contributed by atoms with Crippen molar-refractivity contribution in [2.45, 2.75) is 38.4 Å². The van der Waals surface area contributed by atoms with Crippen LogP contribution in [0.1, 0.15) is 44.0 Å². The molecule has 24 heavy (non-hydrogen) atoms. The minimum atomic E-state index is 0.0118. The molecule has 1 fully saturated rings. The molecule has 1 heterocycles. The van der Waals surface area contributed by atoms with Crippen LogP contribution in [0.3, 0.4) is 0 Å². The van der Waals surface area contributed by atoms with Crippen molar-refractivity contribution in [3.05, 3.63) is 29.8 Å². The van der Waals surface area contributed by atoms with Gasteiger partial charge >= 0.3 is 0 Å². The molecule has 0 bridgehead atoms. The number of carbonyl (C=O) groups excluding carboxylic acids is 2. The number of nitrogens with zero attached hydrogens (tertiary/aromatic N) is 1. The van der Waals surface area contributed by atoms with Gasteiger partial charge in [-0.15, -0.1) is 11.8 Å². The zero-order valence-electron chi connectivity index (χ0n) is 15.0. The van der Waals surface area contributed by atoms with Gasteiger partial charge in [-0.25, -0.2) is 0 Å². The lowest BCUT2D eigenvalue weighted by molar-refractivity contribution is -0.129. The first-order valence-corrected chi connectivity index (χ1v) is 9.39. The summed E-state index contributed by atoms with van der Waals surface area (Å²) in [4.78, 5) is 26.8. The molecule has 0 aliphatic carbocycles. The highest BCUT2D eigenvalue weighted by atomic mass is 32.2. The Morgan fingerprint density at radius 3 is 2.25 bits per heavy atom. The number of Topliss-reactive ketones (excluding diaryl/α,β-unsaturated/α-hetero) is 1.